The van der Waals surface area contributed by atoms with Crippen LogP contribution < -0.4 is 0 Å². The number of hydrogen-bond donors (Lipinski definition) is 0. The molecule has 0 aliphatic rings. The van der Waals surface area contributed by atoms with E-state index in [9.17, 15) is 8.78 Å². The Morgan fingerprint density at radius 3 is 2.58 bits per heavy atom. The molecule has 2 aromatic rings. The quantitative estimate of drug-likeness (QED) is 0.639. The molecule has 0 N–H and O–H groups in total. The first-order valence-corrected chi connectivity index (χ1v) is 7.05. The van der Waals surface area contributed by atoms with Crippen molar-refractivity contribution in [1.29, 1.82) is 0 Å². The predicted octanol–water partition coefficient (Wildman–Crippen LogP) is 5.56. The molecule has 2 aromatic carbocycles. The number of benzene rings is 2. The molecule has 0 bridgehead atoms. The second-order valence-electron chi connectivity index (χ2n) is 4.40. The van der Waals surface area contributed by atoms with E-state index < -0.39 is 11.6 Å². The van der Waals surface area contributed by atoms with Gasteiger partial charge in [0, 0.05) is 4.47 Å². The fourth-order valence-electron chi connectivity index (χ4n) is 1.90. The highest BCUT2D eigenvalue weighted by molar-refractivity contribution is 9.10. The molecule has 0 nitrogen and oxygen atoms in total. The van der Waals surface area contributed by atoms with E-state index in [-0.39, 0.29) is 5.38 Å². The standard InChI is InChI=1S/C15H12BrClF2/c1-9-3-2-4-11(15(9)16)12(17)7-10-5-6-13(18)14(19)8-10/h2-6,8,12H,7H2,1H3. The van der Waals surface area contributed by atoms with Gasteiger partial charge in [-0.05, 0) is 42.2 Å². The SMILES string of the molecule is Cc1cccc(C(Cl)Cc2ccc(F)c(F)c2)c1Br. The zero-order valence-electron chi connectivity index (χ0n) is 10.3. The van der Waals surface area contributed by atoms with Crippen LogP contribution >= 0.6 is 27.5 Å². The van der Waals surface area contributed by atoms with E-state index in [0.29, 0.717) is 12.0 Å². The molecule has 2 rings (SSSR count). The maximum absolute atomic E-state index is 13.1. The minimum Gasteiger partial charge on any atom is -0.204 e. The third-order valence-corrected chi connectivity index (χ3v) is 4.43. The first-order valence-electron chi connectivity index (χ1n) is 5.82. The molecule has 0 fully saturated rings. The van der Waals surface area contributed by atoms with Gasteiger partial charge in [-0.2, -0.15) is 0 Å². The van der Waals surface area contributed by atoms with Crippen molar-refractivity contribution in [2.24, 2.45) is 0 Å². The molecule has 0 radical (unpaired) electrons. The second-order valence-corrected chi connectivity index (χ2v) is 5.72. The molecule has 0 spiro atoms. The molecule has 1 unspecified atom stereocenters. The van der Waals surface area contributed by atoms with Gasteiger partial charge in [0.1, 0.15) is 0 Å². The molecule has 0 heterocycles. The zero-order valence-corrected chi connectivity index (χ0v) is 12.6. The molecule has 0 saturated heterocycles. The molecule has 0 aliphatic carbocycles. The predicted molar refractivity (Wildman–Crippen MR) is 77.5 cm³/mol. The highest BCUT2D eigenvalue weighted by Crippen LogP contribution is 2.33. The number of alkyl halides is 1. The highest BCUT2D eigenvalue weighted by Gasteiger charge is 2.14. The van der Waals surface area contributed by atoms with Crippen molar-refractivity contribution in [3.8, 4) is 0 Å². The van der Waals surface area contributed by atoms with Gasteiger partial charge in [-0.15, -0.1) is 11.6 Å². The van der Waals surface area contributed by atoms with Crippen LogP contribution in [0.25, 0.3) is 0 Å². The second kappa shape index (κ2) is 6.02. The van der Waals surface area contributed by atoms with Gasteiger partial charge in [0.2, 0.25) is 0 Å². The monoisotopic (exact) mass is 344 g/mol. The van der Waals surface area contributed by atoms with Crippen LogP contribution in [0.1, 0.15) is 22.1 Å². The first-order chi connectivity index (χ1) is 8.99. The minimum atomic E-state index is -0.843. The average Bonchev–Trinajstić information content (AvgIpc) is 2.37. The third-order valence-electron chi connectivity index (χ3n) is 2.96. The Kier molecular flexibility index (Phi) is 4.58. The topological polar surface area (TPSA) is 0 Å². The Labute approximate surface area is 124 Å². The Bertz CT molecular complexity index is 599. The smallest absolute Gasteiger partial charge is 0.159 e. The van der Waals surface area contributed by atoms with Gasteiger partial charge in [-0.3, -0.25) is 0 Å². The van der Waals surface area contributed by atoms with E-state index in [0.717, 1.165) is 21.7 Å². The molecular weight excluding hydrogens is 334 g/mol. The zero-order chi connectivity index (χ0) is 14.0. The van der Waals surface area contributed by atoms with Gasteiger partial charge in [0.15, 0.2) is 11.6 Å². The number of hydrogen-bond acceptors (Lipinski definition) is 0. The summed E-state index contributed by atoms with van der Waals surface area (Å²) in [7, 11) is 0. The van der Waals surface area contributed by atoms with Crippen molar-refractivity contribution in [3.63, 3.8) is 0 Å². The maximum atomic E-state index is 13.1. The van der Waals surface area contributed by atoms with Gasteiger partial charge in [-0.1, -0.05) is 40.2 Å². The minimum absolute atomic E-state index is 0.292. The van der Waals surface area contributed by atoms with E-state index in [1.807, 2.05) is 25.1 Å². The Morgan fingerprint density at radius 2 is 1.89 bits per heavy atom. The molecule has 1 atom stereocenters. The molecule has 0 saturated carbocycles. The summed E-state index contributed by atoms with van der Waals surface area (Å²) in [5, 5.41) is -0.292. The van der Waals surface area contributed by atoms with Crippen molar-refractivity contribution in [3.05, 3.63) is 69.2 Å². The van der Waals surface area contributed by atoms with Crippen LogP contribution in [0.4, 0.5) is 8.78 Å². The summed E-state index contributed by atoms with van der Waals surface area (Å²) in [4.78, 5) is 0. The summed E-state index contributed by atoms with van der Waals surface area (Å²) in [6.07, 6.45) is 0.445. The van der Waals surface area contributed by atoms with Gasteiger partial charge >= 0.3 is 0 Å². The largest absolute Gasteiger partial charge is 0.204 e. The molecule has 19 heavy (non-hydrogen) atoms. The fourth-order valence-corrected chi connectivity index (χ4v) is 2.93. The number of rotatable bonds is 3. The Morgan fingerprint density at radius 1 is 1.16 bits per heavy atom. The maximum Gasteiger partial charge on any atom is 0.159 e. The summed E-state index contributed by atoms with van der Waals surface area (Å²) in [5.41, 5.74) is 2.71. The lowest BCUT2D eigenvalue weighted by molar-refractivity contribution is 0.507. The van der Waals surface area contributed by atoms with Crippen LogP contribution in [-0.4, -0.2) is 0 Å². The lowest BCUT2D eigenvalue weighted by Crippen LogP contribution is -1.99. The van der Waals surface area contributed by atoms with Crippen molar-refractivity contribution >= 4 is 27.5 Å². The third kappa shape index (κ3) is 3.34. The van der Waals surface area contributed by atoms with Crippen LogP contribution in [0.2, 0.25) is 0 Å². The molecule has 0 amide bonds. The van der Waals surface area contributed by atoms with Crippen molar-refractivity contribution in [1.82, 2.24) is 0 Å². The van der Waals surface area contributed by atoms with Crippen LogP contribution in [0.15, 0.2) is 40.9 Å². The van der Waals surface area contributed by atoms with Crippen LogP contribution in [0, 0.1) is 18.6 Å². The first kappa shape index (κ1) is 14.5. The average molecular weight is 346 g/mol. The number of aryl methyl sites for hydroxylation is 1. The van der Waals surface area contributed by atoms with Gasteiger partial charge in [0.25, 0.3) is 0 Å². The normalized spacial score (nSPS) is 12.5. The van der Waals surface area contributed by atoms with Gasteiger partial charge < -0.3 is 0 Å². The van der Waals surface area contributed by atoms with Gasteiger partial charge in [0.05, 0.1) is 5.38 Å². The van der Waals surface area contributed by atoms with Crippen LogP contribution in [0.5, 0.6) is 0 Å². The van der Waals surface area contributed by atoms with E-state index in [1.165, 1.54) is 6.07 Å². The van der Waals surface area contributed by atoms with E-state index >= 15 is 0 Å². The Hall–Kier alpha value is -0.930. The summed E-state index contributed by atoms with van der Waals surface area (Å²) < 4.78 is 27.0. The van der Waals surface area contributed by atoms with Crippen molar-refractivity contribution in [2.75, 3.05) is 0 Å². The Balaban J connectivity index is 2.23. The molecular formula is C15H12BrClF2. The molecule has 0 aromatic heterocycles. The summed E-state index contributed by atoms with van der Waals surface area (Å²) >= 11 is 9.87. The van der Waals surface area contributed by atoms with Crippen molar-refractivity contribution < 1.29 is 8.78 Å². The molecule has 0 aliphatic heterocycles. The highest BCUT2D eigenvalue weighted by atomic mass is 79.9. The van der Waals surface area contributed by atoms with E-state index in [2.05, 4.69) is 15.9 Å². The number of halogens is 4. The van der Waals surface area contributed by atoms with Crippen LogP contribution in [0.3, 0.4) is 0 Å². The van der Waals surface area contributed by atoms with Gasteiger partial charge in [-0.25, -0.2) is 8.78 Å². The van der Waals surface area contributed by atoms with E-state index in [4.69, 9.17) is 11.6 Å². The van der Waals surface area contributed by atoms with E-state index in [1.54, 1.807) is 6.07 Å². The summed E-state index contributed by atoms with van der Waals surface area (Å²) in [5.74, 6) is -1.68. The fraction of sp³-hybridized carbons (Fsp3) is 0.200. The summed E-state index contributed by atoms with van der Waals surface area (Å²) in [6, 6.07) is 9.70. The van der Waals surface area contributed by atoms with Crippen molar-refractivity contribution in [2.45, 2.75) is 18.7 Å². The summed E-state index contributed by atoms with van der Waals surface area (Å²) in [6.45, 7) is 1.98. The lowest BCUT2D eigenvalue weighted by Gasteiger charge is -2.13. The molecule has 100 valence electrons. The van der Waals surface area contributed by atoms with Crippen LogP contribution in [-0.2, 0) is 6.42 Å². The lowest BCUT2D eigenvalue weighted by atomic mass is 10.0. The molecule has 4 heteroatoms.